The van der Waals surface area contributed by atoms with Gasteiger partial charge < -0.3 is 10.1 Å². The Labute approximate surface area is 124 Å². The molecule has 3 rings (SSSR count). The molecule has 1 saturated heterocycles. The van der Waals surface area contributed by atoms with E-state index in [9.17, 15) is 0 Å². The van der Waals surface area contributed by atoms with Gasteiger partial charge >= 0.3 is 0 Å². The van der Waals surface area contributed by atoms with Gasteiger partial charge in [0.15, 0.2) is 0 Å². The summed E-state index contributed by atoms with van der Waals surface area (Å²) in [5, 5.41) is 3.67. The van der Waals surface area contributed by atoms with Crippen LogP contribution in [0, 0.1) is 0 Å². The molecule has 1 aromatic rings. The number of nitrogens with one attached hydrogen (secondary N) is 1. The maximum absolute atomic E-state index is 5.64. The van der Waals surface area contributed by atoms with E-state index in [1.165, 1.54) is 42.1 Å². The molecule has 1 aliphatic heterocycles. The first-order valence-corrected chi connectivity index (χ1v) is 8.21. The lowest BCUT2D eigenvalue weighted by Crippen LogP contribution is -2.41. The van der Waals surface area contributed by atoms with Crippen molar-refractivity contribution in [1.82, 2.24) is 5.32 Å². The third-order valence-electron chi connectivity index (χ3n) is 4.40. The number of hydrogen-bond donors (Lipinski definition) is 1. The van der Waals surface area contributed by atoms with Crippen LogP contribution in [0.25, 0.3) is 0 Å². The molecule has 1 aliphatic carbocycles. The van der Waals surface area contributed by atoms with Crippen LogP contribution < -0.4 is 5.32 Å². The highest BCUT2D eigenvalue weighted by Gasteiger charge is 2.29. The molecule has 1 atom stereocenters. The quantitative estimate of drug-likeness (QED) is 0.888. The van der Waals surface area contributed by atoms with E-state index in [-0.39, 0.29) is 0 Å². The maximum Gasteiger partial charge on any atom is 0.0588 e. The molecule has 1 saturated carbocycles. The Bertz CT molecular complexity index is 394. The van der Waals surface area contributed by atoms with Gasteiger partial charge in [0, 0.05) is 17.1 Å². The maximum atomic E-state index is 5.64. The molecular weight excluding hydrogens is 302 g/mol. The normalized spacial score (nSPS) is 30.3. The first-order valence-electron chi connectivity index (χ1n) is 7.42. The van der Waals surface area contributed by atoms with Gasteiger partial charge in [-0.2, -0.15) is 0 Å². The smallest absolute Gasteiger partial charge is 0.0588 e. The van der Waals surface area contributed by atoms with Gasteiger partial charge in [0.1, 0.15) is 0 Å². The van der Waals surface area contributed by atoms with Crippen molar-refractivity contribution < 1.29 is 4.74 Å². The first kappa shape index (κ1) is 13.6. The van der Waals surface area contributed by atoms with Crippen molar-refractivity contribution in [2.75, 3.05) is 13.2 Å². The molecule has 1 heterocycles. The zero-order chi connectivity index (χ0) is 13.1. The Morgan fingerprint density at radius 1 is 1.21 bits per heavy atom. The van der Waals surface area contributed by atoms with Crippen molar-refractivity contribution in [2.24, 2.45) is 0 Å². The molecule has 0 radical (unpaired) electrons. The third kappa shape index (κ3) is 3.59. The third-order valence-corrected chi connectivity index (χ3v) is 4.93. The summed E-state index contributed by atoms with van der Waals surface area (Å²) in [6.45, 7) is 2.09. The van der Waals surface area contributed by atoms with Crippen molar-refractivity contribution in [3.63, 3.8) is 0 Å². The first-order chi connectivity index (χ1) is 9.31. The standard InChI is InChI=1S/C16H22BrNO/c17-14-5-3-12(4-6-14)13-10-15(11-13)18-8-7-16-2-1-9-19-16/h3-6,13,15-16,18H,1-2,7-11H2. The highest BCUT2D eigenvalue weighted by atomic mass is 79.9. The van der Waals surface area contributed by atoms with Crippen LogP contribution in [-0.4, -0.2) is 25.3 Å². The van der Waals surface area contributed by atoms with E-state index in [0.717, 1.165) is 25.1 Å². The number of halogens is 1. The number of hydrogen-bond acceptors (Lipinski definition) is 2. The zero-order valence-corrected chi connectivity index (χ0v) is 12.9. The Morgan fingerprint density at radius 2 is 2.00 bits per heavy atom. The van der Waals surface area contributed by atoms with E-state index in [2.05, 4.69) is 45.5 Å². The van der Waals surface area contributed by atoms with Crippen LogP contribution >= 0.6 is 15.9 Å². The SMILES string of the molecule is Brc1ccc(C2CC(NCCC3CCCO3)C2)cc1. The molecule has 0 aromatic heterocycles. The van der Waals surface area contributed by atoms with Crippen LogP contribution in [0.5, 0.6) is 0 Å². The second kappa shape index (κ2) is 6.38. The molecule has 1 unspecified atom stereocenters. The molecule has 0 bridgehead atoms. The Hall–Kier alpha value is -0.380. The van der Waals surface area contributed by atoms with E-state index in [1.54, 1.807) is 0 Å². The molecule has 104 valence electrons. The minimum Gasteiger partial charge on any atom is -0.378 e. The van der Waals surface area contributed by atoms with Crippen LogP contribution in [-0.2, 0) is 4.74 Å². The largest absolute Gasteiger partial charge is 0.378 e. The Kier molecular flexibility index (Phi) is 4.57. The van der Waals surface area contributed by atoms with Gasteiger partial charge in [-0.3, -0.25) is 0 Å². The van der Waals surface area contributed by atoms with Gasteiger partial charge in [-0.15, -0.1) is 0 Å². The van der Waals surface area contributed by atoms with E-state index < -0.39 is 0 Å². The second-order valence-electron chi connectivity index (χ2n) is 5.79. The van der Waals surface area contributed by atoms with E-state index in [1.807, 2.05) is 0 Å². The van der Waals surface area contributed by atoms with E-state index >= 15 is 0 Å². The summed E-state index contributed by atoms with van der Waals surface area (Å²) in [6, 6.07) is 9.51. The van der Waals surface area contributed by atoms with Gasteiger partial charge in [0.05, 0.1) is 6.10 Å². The van der Waals surface area contributed by atoms with Crippen LogP contribution in [0.4, 0.5) is 0 Å². The van der Waals surface area contributed by atoms with Crippen molar-refractivity contribution in [2.45, 2.75) is 50.2 Å². The van der Waals surface area contributed by atoms with Gasteiger partial charge in [-0.25, -0.2) is 0 Å². The Balaban J connectivity index is 1.34. The average molecular weight is 324 g/mol. The van der Waals surface area contributed by atoms with Crippen molar-refractivity contribution >= 4 is 15.9 Å². The summed E-state index contributed by atoms with van der Waals surface area (Å²) in [7, 11) is 0. The summed E-state index contributed by atoms with van der Waals surface area (Å²) in [6.07, 6.45) is 6.78. The second-order valence-corrected chi connectivity index (χ2v) is 6.71. The highest BCUT2D eigenvalue weighted by Crippen LogP contribution is 2.37. The lowest BCUT2D eigenvalue weighted by atomic mass is 9.76. The molecular formula is C16H22BrNO. The van der Waals surface area contributed by atoms with Crippen LogP contribution in [0.15, 0.2) is 28.7 Å². The topological polar surface area (TPSA) is 21.3 Å². The summed E-state index contributed by atoms with van der Waals surface area (Å²) in [4.78, 5) is 0. The number of rotatable bonds is 5. The van der Waals surface area contributed by atoms with Gasteiger partial charge in [-0.05, 0) is 62.3 Å². The van der Waals surface area contributed by atoms with Gasteiger partial charge in [-0.1, -0.05) is 28.1 Å². The summed E-state index contributed by atoms with van der Waals surface area (Å²) in [5.74, 6) is 0.758. The molecule has 0 spiro atoms. The van der Waals surface area contributed by atoms with E-state index in [4.69, 9.17) is 4.74 Å². The fourth-order valence-corrected chi connectivity index (χ4v) is 3.38. The molecule has 1 N–H and O–H groups in total. The van der Waals surface area contributed by atoms with E-state index in [0.29, 0.717) is 6.10 Å². The van der Waals surface area contributed by atoms with Crippen LogP contribution in [0.3, 0.4) is 0 Å². The predicted octanol–water partition coefficient (Wildman–Crippen LogP) is 3.85. The summed E-state index contributed by atoms with van der Waals surface area (Å²) >= 11 is 3.49. The van der Waals surface area contributed by atoms with Crippen LogP contribution in [0.2, 0.25) is 0 Å². The molecule has 1 aromatic carbocycles. The minimum absolute atomic E-state index is 0.523. The lowest BCUT2D eigenvalue weighted by Gasteiger charge is -2.36. The molecule has 2 nitrogen and oxygen atoms in total. The fraction of sp³-hybridized carbons (Fsp3) is 0.625. The number of benzene rings is 1. The molecule has 3 heteroatoms. The molecule has 2 aliphatic rings. The van der Waals surface area contributed by atoms with Gasteiger partial charge in [0.25, 0.3) is 0 Å². The molecule has 0 amide bonds. The molecule has 19 heavy (non-hydrogen) atoms. The van der Waals surface area contributed by atoms with Crippen LogP contribution in [0.1, 0.15) is 43.6 Å². The van der Waals surface area contributed by atoms with Gasteiger partial charge in [0.2, 0.25) is 0 Å². The fourth-order valence-electron chi connectivity index (χ4n) is 3.11. The Morgan fingerprint density at radius 3 is 2.68 bits per heavy atom. The van der Waals surface area contributed by atoms with Crippen molar-refractivity contribution in [3.8, 4) is 0 Å². The lowest BCUT2D eigenvalue weighted by molar-refractivity contribution is 0.102. The van der Waals surface area contributed by atoms with Crippen molar-refractivity contribution in [1.29, 1.82) is 0 Å². The average Bonchev–Trinajstić information content (AvgIpc) is 2.87. The zero-order valence-electron chi connectivity index (χ0n) is 11.3. The highest BCUT2D eigenvalue weighted by molar-refractivity contribution is 9.10. The predicted molar refractivity (Wildman–Crippen MR) is 81.5 cm³/mol. The molecule has 2 fully saturated rings. The van der Waals surface area contributed by atoms with Crippen molar-refractivity contribution in [3.05, 3.63) is 34.3 Å². The summed E-state index contributed by atoms with van der Waals surface area (Å²) < 4.78 is 6.81. The summed E-state index contributed by atoms with van der Waals surface area (Å²) in [5.41, 5.74) is 1.49. The number of ether oxygens (including phenoxy) is 1. The monoisotopic (exact) mass is 323 g/mol. The minimum atomic E-state index is 0.523.